The topological polar surface area (TPSA) is 71.8 Å². The summed E-state index contributed by atoms with van der Waals surface area (Å²) in [5.41, 5.74) is 0. The van der Waals surface area contributed by atoms with Gasteiger partial charge in [0.1, 0.15) is 0 Å². The van der Waals surface area contributed by atoms with Gasteiger partial charge in [0.2, 0.25) is 5.91 Å². The van der Waals surface area contributed by atoms with Crippen LogP contribution in [0.25, 0.3) is 0 Å². The maximum absolute atomic E-state index is 12.1. The Balaban J connectivity index is 1.47. The molecule has 2 N–H and O–H groups in total. The smallest absolute Gasteiger partial charge is 0.237 e. The Labute approximate surface area is 106 Å². The molecular formula is C12H19N5O. The summed E-state index contributed by atoms with van der Waals surface area (Å²) in [5, 5.41) is 13.9. The van der Waals surface area contributed by atoms with E-state index in [0.717, 1.165) is 12.5 Å². The molecule has 6 heteroatoms. The first-order valence-corrected chi connectivity index (χ1v) is 6.70. The molecule has 3 atom stereocenters. The van der Waals surface area contributed by atoms with Gasteiger partial charge in [-0.3, -0.25) is 9.48 Å². The van der Waals surface area contributed by atoms with E-state index >= 15 is 0 Å². The summed E-state index contributed by atoms with van der Waals surface area (Å²) >= 11 is 0. The SMILES string of the molecule is O=C(NCCn1ccnn1)C1NCC2CCCC21. The van der Waals surface area contributed by atoms with Crippen molar-refractivity contribution < 1.29 is 4.79 Å². The molecule has 1 saturated carbocycles. The van der Waals surface area contributed by atoms with E-state index in [1.807, 2.05) is 0 Å². The number of aromatic nitrogens is 3. The van der Waals surface area contributed by atoms with E-state index in [1.165, 1.54) is 19.3 Å². The van der Waals surface area contributed by atoms with Gasteiger partial charge in [0, 0.05) is 12.7 Å². The van der Waals surface area contributed by atoms with Gasteiger partial charge in [0.05, 0.1) is 18.8 Å². The van der Waals surface area contributed by atoms with E-state index < -0.39 is 0 Å². The first-order chi connectivity index (χ1) is 8.84. The molecule has 0 spiro atoms. The number of carbonyl (C=O) groups is 1. The van der Waals surface area contributed by atoms with Crippen LogP contribution in [-0.4, -0.2) is 40.0 Å². The van der Waals surface area contributed by atoms with Crippen LogP contribution in [0.4, 0.5) is 0 Å². The zero-order valence-electron chi connectivity index (χ0n) is 10.4. The van der Waals surface area contributed by atoms with Crippen LogP contribution in [0.3, 0.4) is 0 Å². The molecule has 2 aliphatic rings. The van der Waals surface area contributed by atoms with Gasteiger partial charge in [-0.05, 0) is 31.2 Å². The van der Waals surface area contributed by atoms with Crippen molar-refractivity contribution in [2.24, 2.45) is 11.8 Å². The molecule has 98 valence electrons. The van der Waals surface area contributed by atoms with Crippen LogP contribution in [0.2, 0.25) is 0 Å². The van der Waals surface area contributed by atoms with Crippen molar-refractivity contribution in [1.82, 2.24) is 25.6 Å². The normalized spacial score (nSPS) is 30.3. The first-order valence-electron chi connectivity index (χ1n) is 6.70. The van der Waals surface area contributed by atoms with Crippen LogP contribution in [-0.2, 0) is 11.3 Å². The third-order valence-corrected chi connectivity index (χ3v) is 4.14. The molecular weight excluding hydrogens is 230 g/mol. The van der Waals surface area contributed by atoms with Gasteiger partial charge in [-0.1, -0.05) is 11.6 Å². The highest BCUT2D eigenvalue weighted by atomic mass is 16.2. The highest BCUT2D eigenvalue weighted by Crippen LogP contribution is 2.37. The monoisotopic (exact) mass is 249 g/mol. The van der Waals surface area contributed by atoms with E-state index in [1.54, 1.807) is 17.1 Å². The number of carbonyl (C=O) groups excluding carboxylic acids is 1. The molecule has 2 heterocycles. The van der Waals surface area contributed by atoms with Gasteiger partial charge in [0.15, 0.2) is 0 Å². The van der Waals surface area contributed by atoms with Crippen LogP contribution >= 0.6 is 0 Å². The second-order valence-electron chi connectivity index (χ2n) is 5.20. The summed E-state index contributed by atoms with van der Waals surface area (Å²) in [6.45, 7) is 2.29. The van der Waals surface area contributed by atoms with Gasteiger partial charge < -0.3 is 10.6 Å². The summed E-state index contributed by atoms with van der Waals surface area (Å²) in [7, 11) is 0. The van der Waals surface area contributed by atoms with Crippen LogP contribution in [0.1, 0.15) is 19.3 Å². The molecule has 0 aromatic carbocycles. The average molecular weight is 249 g/mol. The zero-order valence-corrected chi connectivity index (χ0v) is 10.4. The molecule has 1 aromatic rings. The Morgan fingerprint density at radius 2 is 2.44 bits per heavy atom. The van der Waals surface area contributed by atoms with Gasteiger partial charge >= 0.3 is 0 Å². The molecule has 1 aliphatic heterocycles. The average Bonchev–Trinajstić information content (AvgIpc) is 3.05. The van der Waals surface area contributed by atoms with Crippen LogP contribution in [0.15, 0.2) is 12.4 Å². The minimum absolute atomic E-state index is 0.0215. The van der Waals surface area contributed by atoms with Gasteiger partial charge in [-0.25, -0.2) is 0 Å². The minimum Gasteiger partial charge on any atom is -0.353 e. The number of rotatable bonds is 4. The number of nitrogens with zero attached hydrogens (tertiary/aromatic N) is 3. The minimum atomic E-state index is 0.0215. The maximum Gasteiger partial charge on any atom is 0.237 e. The lowest BCUT2D eigenvalue weighted by molar-refractivity contribution is -0.123. The number of amides is 1. The summed E-state index contributed by atoms with van der Waals surface area (Å²) in [6.07, 6.45) is 7.19. The van der Waals surface area contributed by atoms with Crippen molar-refractivity contribution in [2.45, 2.75) is 31.8 Å². The third kappa shape index (κ3) is 2.25. The van der Waals surface area contributed by atoms with Gasteiger partial charge in [-0.15, -0.1) is 5.10 Å². The maximum atomic E-state index is 12.1. The molecule has 1 aromatic heterocycles. The molecule has 1 saturated heterocycles. The van der Waals surface area contributed by atoms with Crippen LogP contribution in [0, 0.1) is 11.8 Å². The van der Waals surface area contributed by atoms with E-state index in [2.05, 4.69) is 20.9 Å². The summed E-state index contributed by atoms with van der Waals surface area (Å²) in [5.74, 6) is 1.41. The van der Waals surface area contributed by atoms with Crippen molar-refractivity contribution in [2.75, 3.05) is 13.1 Å². The Bertz CT molecular complexity index is 405. The Kier molecular flexibility index (Phi) is 3.27. The van der Waals surface area contributed by atoms with Crippen molar-refractivity contribution in [1.29, 1.82) is 0 Å². The van der Waals surface area contributed by atoms with E-state index in [4.69, 9.17) is 0 Å². The summed E-state index contributed by atoms with van der Waals surface area (Å²) in [4.78, 5) is 12.1. The molecule has 0 radical (unpaired) electrons. The molecule has 2 fully saturated rings. The Morgan fingerprint density at radius 3 is 3.28 bits per heavy atom. The Morgan fingerprint density at radius 1 is 1.50 bits per heavy atom. The predicted molar refractivity (Wildman–Crippen MR) is 65.7 cm³/mol. The van der Waals surface area contributed by atoms with E-state index in [9.17, 15) is 4.79 Å². The van der Waals surface area contributed by atoms with Crippen molar-refractivity contribution in [3.05, 3.63) is 12.4 Å². The number of fused-ring (bicyclic) bond motifs is 1. The molecule has 18 heavy (non-hydrogen) atoms. The van der Waals surface area contributed by atoms with E-state index in [-0.39, 0.29) is 11.9 Å². The fourth-order valence-corrected chi connectivity index (χ4v) is 3.23. The quantitative estimate of drug-likeness (QED) is 0.774. The lowest BCUT2D eigenvalue weighted by atomic mass is 9.94. The largest absolute Gasteiger partial charge is 0.353 e. The van der Waals surface area contributed by atoms with Gasteiger partial charge in [-0.2, -0.15) is 0 Å². The molecule has 3 unspecified atom stereocenters. The summed E-state index contributed by atoms with van der Waals surface area (Å²) < 4.78 is 1.72. The molecule has 1 aliphatic carbocycles. The molecule has 1 amide bonds. The standard InChI is InChI=1S/C12H19N5O/c18-12(13-4-6-17-7-5-15-16-17)11-10-3-1-2-9(10)8-14-11/h5,7,9-11,14H,1-4,6,8H2,(H,13,18). The first kappa shape index (κ1) is 11.6. The van der Waals surface area contributed by atoms with Gasteiger partial charge in [0.25, 0.3) is 0 Å². The number of hydrogen-bond donors (Lipinski definition) is 2. The van der Waals surface area contributed by atoms with Crippen molar-refractivity contribution >= 4 is 5.91 Å². The second kappa shape index (κ2) is 5.06. The highest BCUT2D eigenvalue weighted by molar-refractivity contribution is 5.82. The zero-order chi connectivity index (χ0) is 12.4. The van der Waals surface area contributed by atoms with Crippen molar-refractivity contribution in [3.63, 3.8) is 0 Å². The van der Waals surface area contributed by atoms with Crippen molar-refractivity contribution in [3.8, 4) is 0 Å². The molecule has 0 bridgehead atoms. The fraction of sp³-hybridized carbons (Fsp3) is 0.750. The Hall–Kier alpha value is -1.43. The number of hydrogen-bond acceptors (Lipinski definition) is 4. The lowest BCUT2D eigenvalue weighted by Gasteiger charge is -2.17. The number of nitrogens with one attached hydrogen (secondary N) is 2. The fourth-order valence-electron chi connectivity index (χ4n) is 3.23. The third-order valence-electron chi connectivity index (χ3n) is 4.14. The highest BCUT2D eigenvalue weighted by Gasteiger charge is 2.42. The predicted octanol–water partition coefficient (Wildman–Crippen LogP) is -0.218. The lowest BCUT2D eigenvalue weighted by Crippen LogP contribution is -2.44. The van der Waals surface area contributed by atoms with E-state index in [0.29, 0.717) is 19.0 Å². The second-order valence-corrected chi connectivity index (χ2v) is 5.20. The molecule has 3 rings (SSSR count). The van der Waals surface area contributed by atoms with Crippen LogP contribution < -0.4 is 10.6 Å². The van der Waals surface area contributed by atoms with Crippen LogP contribution in [0.5, 0.6) is 0 Å². The summed E-state index contributed by atoms with van der Waals surface area (Å²) in [6, 6.07) is 0.0215. The molecule has 6 nitrogen and oxygen atoms in total.